The molecule has 22 heavy (non-hydrogen) atoms. The molecular weight excluding hydrogens is 298 g/mol. The normalized spacial score (nSPS) is 15.6. The van der Waals surface area contributed by atoms with Gasteiger partial charge >= 0.3 is 0 Å². The van der Waals surface area contributed by atoms with Crippen molar-refractivity contribution in [3.05, 3.63) is 29.8 Å². The number of carbonyl (C=O) groups excluding carboxylic acids is 2. The number of carbonyl (C=O) groups is 2. The molecule has 0 spiro atoms. The van der Waals surface area contributed by atoms with E-state index in [0.29, 0.717) is 5.75 Å². The van der Waals surface area contributed by atoms with Gasteiger partial charge in [-0.3, -0.25) is 9.59 Å². The molecule has 0 radical (unpaired) electrons. The lowest BCUT2D eigenvalue weighted by Gasteiger charge is -2.30. The summed E-state index contributed by atoms with van der Waals surface area (Å²) >= 11 is 1.35. The number of likely N-dealkylation sites (tertiary alicyclic amines) is 1. The van der Waals surface area contributed by atoms with E-state index in [0.717, 1.165) is 37.2 Å². The van der Waals surface area contributed by atoms with Crippen LogP contribution in [0.1, 0.15) is 18.4 Å². The Hall–Kier alpha value is -1.53. The van der Waals surface area contributed by atoms with Crippen LogP contribution < -0.4 is 11.1 Å². The van der Waals surface area contributed by atoms with Crippen LogP contribution in [0.25, 0.3) is 0 Å². The standard InChI is InChI=1S/C16H23N3O2S/c1-12-2-4-14(5-3-12)18-15(20)10-22-11-16(21)19-8-6-13(17)7-9-19/h2-5,13H,6-11,17H2,1H3,(H,18,20). The number of anilines is 1. The van der Waals surface area contributed by atoms with Crippen LogP contribution in [0.15, 0.2) is 24.3 Å². The Morgan fingerprint density at radius 1 is 1.23 bits per heavy atom. The molecule has 0 aromatic heterocycles. The summed E-state index contributed by atoms with van der Waals surface area (Å²) in [6, 6.07) is 7.87. The molecule has 2 amide bonds. The lowest BCUT2D eigenvalue weighted by atomic mass is 10.1. The van der Waals surface area contributed by atoms with Gasteiger partial charge in [0.05, 0.1) is 11.5 Å². The third-order valence-electron chi connectivity index (χ3n) is 3.69. The zero-order chi connectivity index (χ0) is 15.9. The first kappa shape index (κ1) is 16.8. The van der Waals surface area contributed by atoms with Crippen LogP contribution in [0.2, 0.25) is 0 Å². The van der Waals surface area contributed by atoms with Gasteiger partial charge in [-0.15, -0.1) is 11.8 Å². The first-order chi connectivity index (χ1) is 10.5. The Kier molecular flexibility index (Phi) is 6.27. The van der Waals surface area contributed by atoms with E-state index in [2.05, 4.69) is 5.32 Å². The summed E-state index contributed by atoms with van der Waals surface area (Å²) in [7, 11) is 0. The number of nitrogens with one attached hydrogen (secondary N) is 1. The van der Waals surface area contributed by atoms with E-state index in [1.807, 2.05) is 36.1 Å². The van der Waals surface area contributed by atoms with Gasteiger partial charge in [-0.25, -0.2) is 0 Å². The minimum absolute atomic E-state index is 0.0812. The third kappa shape index (κ3) is 5.35. The predicted molar refractivity (Wildman–Crippen MR) is 90.9 cm³/mol. The van der Waals surface area contributed by atoms with Crippen LogP contribution in [0.4, 0.5) is 5.69 Å². The highest BCUT2D eigenvalue weighted by Gasteiger charge is 2.20. The number of piperidine rings is 1. The minimum Gasteiger partial charge on any atom is -0.342 e. The van der Waals surface area contributed by atoms with Crippen LogP contribution in [-0.4, -0.2) is 47.4 Å². The molecule has 2 rings (SSSR count). The third-order valence-corrected chi connectivity index (χ3v) is 4.60. The topological polar surface area (TPSA) is 75.4 Å². The minimum atomic E-state index is -0.0812. The molecule has 1 aromatic carbocycles. The van der Waals surface area contributed by atoms with E-state index in [-0.39, 0.29) is 23.6 Å². The molecule has 0 bridgehead atoms. The highest BCUT2D eigenvalue weighted by molar-refractivity contribution is 8.00. The molecule has 1 fully saturated rings. The van der Waals surface area contributed by atoms with Gasteiger partial charge in [0.15, 0.2) is 0 Å². The van der Waals surface area contributed by atoms with Gasteiger partial charge in [-0.05, 0) is 31.9 Å². The maximum atomic E-state index is 12.0. The highest BCUT2D eigenvalue weighted by atomic mass is 32.2. The van der Waals surface area contributed by atoms with Crippen LogP contribution >= 0.6 is 11.8 Å². The zero-order valence-electron chi connectivity index (χ0n) is 12.9. The predicted octanol–water partition coefficient (Wildman–Crippen LogP) is 1.62. The second-order valence-electron chi connectivity index (χ2n) is 5.63. The second kappa shape index (κ2) is 8.19. The number of benzene rings is 1. The van der Waals surface area contributed by atoms with Crippen molar-refractivity contribution < 1.29 is 9.59 Å². The average molecular weight is 321 g/mol. The molecule has 5 nitrogen and oxygen atoms in total. The fourth-order valence-corrected chi connectivity index (χ4v) is 3.02. The molecule has 3 N–H and O–H groups in total. The van der Waals surface area contributed by atoms with Crippen molar-refractivity contribution in [1.29, 1.82) is 0 Å². The summed E-state index contributed by atoms with van der Waals surface area (Å²) in [5, 5.41) is 2.83. The molecule has 1 saturated heterocycles. The van der Waals surface area contributed by atoms with E-state index in [9.17, 15) is 9.59 Å². The number of nitrogens with two attached hydrogens (primary N) is 1. The molecule has 0 aliphatic carbocycles. The van der Waals surface area contributed by atoms with Crippen LogP contribution in [-0.2, 0) is 9.59 Å². The number of aryl methyl sites for hydroxylation is 1. The first-order valence-corrected chi connectivity index (χ1v) is 8.67. The summed E-state index contributed by atoms with van der Waals surface area (Å²) in [6.45, 7) is 3.47. The van der Waals surface area contributed by atoms with E-state index < -0.39 is 0 Å². The van der Waals surface area contributed by atoms with Crippen LogP contribution in [0.3, 0.4) is 0 Å². The molecule has 0 saturated carbocycles. The number of rotatable bonds is 5. The summed E-state index contributed by atoms with van der Waals surface area (Å²) in [5.74, 6) is 0.645. The van der Waals surface area contributed by atoms with Crippen molar-refractivity contribution in [2.75, 3.05) is 29.9 Å². The average Bonchev–Trinajstić information content (AvgIpc) is 2.50. The van der Waals surface area contributed by atoms with Crippen molar-refractivity contribution in [1.82, 2.24) is 4.90 Å². The van der Waals surface area contributed by atoms with Crippen molar-refractivity contribution in [3.8, 4) is 0 Å². The molecular formula is C16H23N3O2S. The van der Waals surface area contributed by atoms with Gasteiger partial charge in [0.1, 0.15) is 0 Å². The number of hydrogen-bond acceptors (Lipinski definition) is 4. The Morgan fingerprint density at radius 2 is 1.86 bits per heavy atom. The summed E-state index contributed by atoms with van der Waals surface area (Å²) < 4.78 is 0. The fraction of sp³-hybridized carbons (Fsp3) is 0.500. The van der Waals surface area contributed by atoms with Crippen molar-refractivity contribution in [3.63, 3.8) is 0 Å². The lowest BCUT2D eigenvalue weighted by Crippen LogP contribution is -2.43. The second-order valence-corrected chi connectivity index (χ2v) is 6.61. The van der Waals surface area contributed by atoms with Gasteiger partial charge < -0.3 is 16.0 Å². The van der Waals surface area contributed by atoms with Crippen LogP contribution in [0, 0.1) is 6.92 Å². The van der Waals surface area contributed by atoms with Crippen molar-refractivity contribution >= 4 is 29.3 Å². The number of amides is 2. The molecule has 1 aliphatic rings. The van der Waals surface area contributed by atoms with Gasteiger partial charge in [0, 0.05) is 24.8 Å². The van der Waals surface area contributed by atoms with E-state index >= 15 is 0 Å². The van der Waals surface area contributed by atoms with Gasteiger partial charge in [0.2, 0.25) is 11.8 Å². The Bertz CT molecular complexity index is 511. The Morgan fingerprint density at radius 3 is 2.50 bits per heavy atom. The van der Waals surface area contributed by atoms with Crippen molar-refractivity contribution in [2.45, 2.75) is 25.8 Å². The molecule has 0 unspecified atom stereocenters. The number of hydrogen-bond donors (Lipinski definition) is 2. The van der Waals surface area contributed by atoms with Crippen LogP contribution in [0.5, 0.6) is 0 Å². The quantitative estimate of drug-likeness (QED) is 0.864. The van der Waals surface area contributed by atoms with E-state index in [1.165, 1.54) is 11.8 Å². The van der Waals surface area contributed by atoms with Gasteiger partial charge in [0.25, 0.3) is 0 Å². The summed E-state index contributed by atoms with van der Waals surface area (Å²) in [5.41, 5.74) is 7.76. The fourth-order valence-electron chi connectivity index (χ4n) is 2.31. The van der Waals surface area contributed by atoms with Gasteiger partial charge in [-0.2, -0.15) is 0 Å². The monoisotopic (exact) mass is 321 g/mol. The van der Waals surface area contributed by atoms with Crippen molar-refractivity contribution in [2.24, 2.45) is 5.73 Å². The number of thioether (sulfide) groups is 1. The Labute approximate surface area is 135 Å². The zero-order valence-corrected chi connectivity index (χ0v) is 13.7. The maximum absolute atomic E-state index is 12.0. The largest absolute Gasteiger partial charge is 0.342 e. The molecule has 1 aromatic rings. The smallest absolute Gasteiger partial charge is 0.234 e. The SMILES string of the molecule is Cc1ccc(NC(=O)CSCC(=O)N2CCC(N)CC2)cc1. The van der Waals surface area contributed by atoms with E-state index in [4.69, 9.17) is 5.73 Å². The highest BCUT2D eigenvalue weighted by Crippen LogP contribution is 2.12. The number of nitrogens with zero attached hydrogens (tertiary/aromatic N) is 1. The molecule has 120 valence electrons. The summed E-state index contributed by atoms with van der Waals surface area (Å²) in [6.07, 6.45) is 1.73. The molecule has 0 atom stereocenters. The molecule has 6 heteroatoms. The summed E-state index contributed by atoms with van der Waals surface area (Å²) in [4.78, 5) is 25.7. The van der Waals surface area contributed by atoms with Gasteiger partial charge in [-0.1, -0.05) is 17.7 Å². The lowest BCUT2D eigenvalue weighted by molar-refractivity contribution is -0.129. The molecule has 1 aliphatic heterocycles. The maximum Gasteiger partial charge on any atom is 0.234 e. The molecule has 1 heterocycles. The van der Waals surface area contributed by atoms with E-state index in [1.54, 1.807) is 0 Å². The first-order valence-electron chi connectivity index (χ1n) is 7.52. The Balaban J connectivity index is 1.66.